The van der Waals surface area contributed by atoms with Crippen LogP contribution in [0.4, 0.5) is 0 Å². The number of benzene rings is 1. The quantitative estimate of drug-likeness (QED) is 0.684. The SMILES string of the molecule is Cc1cc(OC2CCN(C(=O)c3cc(-c4ccccc4)nn3C)C2)cc(=O)n1C. The van der Waals surface area contributed by atoms with Crippen molar-refractivity contribution >= 4 is 5.91 Å². The Morgan fingerprint density at radius 3 is 2.62 bits per heavy atom. The lowest BCUT2D eigenvalue weighted by atomic mass is 10.1. The highest BCUT2D eigenvalue weighted by Gasteiger charge is 2.30. The van der Waals surface area contributed by atoms with Crippen molar-refractivity contribution in [3.8, 4) is 17.0 Å². The Hall–Kier alpha value is -3.35. The number of likely N-dealkylation sites (tertiary alicyclic amines) is 1. The molecular formula is C22H24N4O3. The Kier molecular flexibility index (Phi) is 4.96. The minimum Gasteiger partial charge on any atom is -0.488 e. The average Bonchev–Trinajstić information content (AvgIpc) is 3.33. The Balaban J connectivity index is 1.46. The molecule has 0 spiro atoms. The van der Waals surface area contributed by atoms with Gasteiger partial charge < -0.3 is 14.2 Å². The van der Waals surface area contributed by atoms with Gasteiger partial charge in [0.15, 0.2) is 0 Å². The number of hydrogen-bond donors (Lipinski definition) is 0. The van der Waals surface area contributed by atoms with Crippen LogP contribution in [0.15, 0.2) is 53.3 Å². The molecule has 0 bridgehead atoms. The van der Waals surface area contributed by atoms with Gasteiger partial charge in [0.1, 0.15) is 17.5 Å². The van der Waals surface area contributed by atoms with Crippen molar-refractivity contribution in [2.75, 3.05) is 13.1 Å². The first kappa shape index (κ1) is 19.0. The molecule has 1 saturated heterocycles. The van der Waals surface area contributed by atoms with Crippen LogP contribution >= 0.6 is 0 Å². The Labute approximate surface area is 169 Å². The van der Waals surface area contributed by atoms with E-state index < -0.39 is 0 Å². The van der Waals surface area contributed by atoms with Crippen molar-refractivity contribution in [2.24, 2.45) is 14.1 Å². The first-order valence-corrected chi connectivity index (χ1v) is 9.65. The van der Waals surface area contributed by atoms with Crippen LogP contribution in [0, 0.1) is 6.92 Å². The second-order valence-corrected chi connectivity index (χ2v) is 7.41. The minimum atomic E-state index is -0.132. The molecule has 7 heteroatoms. The first-order valence-electron chi connectivity index (χ1n) is 9.65. The van der Waals surface area contributed by atoms with Gasteiger partial charge in [-0.3, -0.25) is 14.3 Å². The van der Waals surface area contributed by atoms with E-state index in [9.17, 15) is 9.59 Å². The highest BCUT2D eigenvalue weighted by molar-refractivity contribution is 5.94. The second kappa shape index (κ2) is 7.58. The van der Waals surface area contributed by atoms with Crippen molar-refractivity contribution in [2.45, 2.75) is 19.4 Å². The maximum Gasteiger partial charge on any atom is 0.272 e. The van der Waals surface area contributed by atoms with Crippen LogP contribution in [-0.4, -0.2) is 44.3 Å². The lowest BCUT2D eigenvalue weighted by Gasteiger charge is -2.17. The molecule has 4 rings (SSSR count). The summed E-state index contributed by atoms with van der Waals surface area (Å²) in [7, 11) is 3.52. The normalized spacial score (nSPS) is 16.2. The molecule has 1 atom stereocenters. The van der Waals surface area contributed by atoms with Gasteiger partial charge in [-0.25, -0.2) is 0 Å². The van der Waals surface area contributed by atoms with E-state index >= 15 is 0 Å². The Morgan fingerprint density at radius 2 is 1.90 bits per heavy atom. The highest BCUT2D eigenvalue weighted by atomic mass is 16.5. The molecule has 0 radical (unpaired) electrons. The van der Waals surface area contributed by atoms with Crippen LogP contribution in [0.1, 0.15) is 22.6 Å². The van der Waals surface area contributed by atoms with Crippen LogP contribution in [0.2, 0.25) is 0 Å². The van der Waals surface area contributed by atoms with E-state index in [1.807, 2.05) is 49.4 Å². The standard InChI is InChI=1S/C22H24N4O3/c1-15-11-18(12-21(27)24(15)2)29-17-9-10-26(14-17)22(28)20-13-19(23-25(20)3)16-7-5-4-6-8-16/h4-8,11-13,17H,9-10,14H2,1-3H3. The van der Waals surface area contributed by atoms with Gasteiger partial charge in [-0.05, 0) is 19.1 Å². The van der Waals surface area contributed by atoms with Gasteiger partial charge in [0.25, 0.3) is 11.5 Å². The van der Waals surface area contributed by atoms with Crippen LogP contribution in [0.5, 0.6) is 5.75 Å². The second-order valence-electron chi connectivity index (χ2n) is 7.41. The molecule has 150 valence electrons. The van der Waals surface area contributed by atoms with E-state index in [0.29, 0.717) is 24.5 Å². The summed E-state index contributed by atoms with van der Waals surface area (Å²) in [6.45, 7) is 2.96. The lowest BCUT2D eigenvalue weighted by molar-refractivity contribution is 0.0761. The molecule has 3 heterocycles. The van der Waals surface area contributed by atoms with E-state index in [1.54, 1.807) is 28.2 Å². The molecule has 1 fully saturated rings. The zero-order valence-corrected chi connectivity index (χ0v) is 16.8. The first-order chi connectivity index (χ1) is 13.9. The zero-order chi connectivity index (χ0) is 20.5. The number of carbonyl (C=O) groups is 1. The van der Waals surface area contributed by atoms with Crippen LogP contribution in [0.25, 0.3) is 11.3 Å². The summed E-state index contributed by atoms with van der Waals surface area (Å²) < 4.78 is 9.18. The van der Waals surface area contributed by atoms with E-state index in [4.69, 9.17) is 4.74 Å². The maximum absolute atomic E-state index is 13.0. The molecule has 1 amide bonds. The monoisotopic (exact) mass is 392 g/mol. The van der Waals surface area contributed by atoms with Crippen molar-refractivity contribution in [1.82, 2.24) is 19.2 Å². The molecule has 7 nitrogen and oxygen atoms in total. The summed E-state index contributed by atoms with van der Waals surface area (Å²) >= 11 is 0. The third-order valence-corrected chi connectivity index (χ3v) is 5.38. The van der Waals surface area contributed by atoms with Gasteiger partial charge >= 0.3 is 0 Å². The molecular weight excluding hydrogens is 368 g/mol. The predicted octanol–water partition coefficient (Wildman–Crippen LogP) is 2.39. The fourth-order valence-electron chi connectivity index (χ4n) is 3.59. The number of aryl methyl sites for hydroxylation is 2. The molecule has 1 unspecified atom stereocenters. The topological polar surface area (TPSA) is 69.4 Å². The number of pyridine rings is 1. The molecule has 0 N–H and O–H groups in total. The van der Waals surface area contributed by atoms with Gasteiger partial charge in [0.2, 0.25) is 0 Å². The van der Waals surface area contributed by atoms with Crippen molar-refractivity contribution in [1.29, 1.82) is 0 Å². The number of ether oxygens (including phenoxy) is 1. The van der Waals surface area contributed by atoms with E-state index in [1.165, 1.54) is 6.07 Å². The number of carbonyl (C=O) groups excluding carboxylic acids is 1. The molecule has 29 heavy (non-hydrogen) atoms. The average molecular weight is 392 g/mol. The third-order valence-electron chi connectivity index (χ3n) is 5.38. The summed E-state index contributed by atoms with van der Waals surface area (Å²) in [5, 5.41) is 4.49. The number of aromatic nitrogens is 3. The molecule has 3 aromatic rings. The van der Waals surface area contributed by atoms with Gasteiger partial charge in [-0.2, -0.15) is 5.10 Å². The molecule has 0 saturated carbocycles. The maximum atomic E-state index is 13.0. The third kappa shape index (κ3) is 3.81. The van der Waals surface area contributed by atoms with E-state index in [2.05, 4.69) is 5.10 Å². The molecule has 0 aliphatic carbocycles. The largest absolute Gasteiger partial charge is 0.488 e. The number of amides is 1. The fraction of sp³-hybridized carbons (Fsp3) is 0.318. The number of hydrogen-bond acceptors (Lipinski definition) is 4. The van der Waals surface area contributed by atoms with Crippen molar-refractivity contribution in [3.05, 3.63) is 70.3 Å². The Morgan fingerprint density at radius 1 is 1.14 bits per heavy atom. The minimum absolute atomic E-state index is 0.0616. The summed E-state index contributed by atoms with van der Waals surface area (Å²) in [6.07, 6.45) is 0.593. The summed E-state index contributed by atoms with van der Waals surface area (Å²) in [6, 6.07) is 15.0. The summed E-state index contributed by atoms with van der Waals surface area (Å²) in [4.78, 5) is 26.8. The smallest absolute Gasteiger partial charge is 0.272 e. The summed E-state index contributed by atoms with van der Waals surface area (Å²) in [5.41, 5.74) is 3.04. The molecule has 1 aromatic carbocycles. The fourth-order valence-corrected chi connectivity index (χ4v) is 3.59. The van der Waals surface area contributed by atoms with Crippen molar-refractivity contribution in [3.63, 3.8) is 0 Å². The van der Waals surface area contributed by atoms with Gasteiger partial charge in [-0.15, -0.1) is 0 Å². The van der Waals surface area contributed by atoms with Crippen LogP contribution < -0.4 is 10.3 Å². The summed E-state index contributed by atoms with van der Waals surface area (Å²) in [5.74, 6) is 0.491. The van der Waals surface area contributed by atoms with E-state index in [-0.39, 0.29) is 17.6 Å². The van der Waals surface area contributed by atoms with Crippen molar-refractivity contribution < 1.29 is 9.53 Å². The van der Waals surface area contributed by atoms with Gasteiger partial charge in [-0.1, -0.05) is 30.3 Å². The Bertz CT molecular complexity index is 1100. The molecule has 2 aromatic heterocycles. The molecule has 1 aliphatic heterocycles. The van der Waals surface area contributed by atoms with Gasteiger partial charge in [0.05, 0.1) is 12.2 Å². The predicted molar refractivity (Wildman–Crippen MR) is 110 cm³/mol. The number of nitrogens with zero attached hydrogens (tertiary/aromatic N) is 4. The molecule has 1 aliphatic rings. The highest BCUT2D eigenvalue weighted by Crippen LogP contribution is 2.22. The number of rotatable bonds is 4. The van der Waals surface area contributed by atoms with Crippen LogP contribution in [-0.2, 0) is 14.1 Å². The zero-order valence-electron chi connectivity index (χ0n) is 16.8. The van der Waals surface area contributed by atoms with Gasteiger partial charge in [0, 0.05) is 44.4 Å². The lowest BCUT2D eigenvalue weighted by Crippen LogP contribution is -2.32. The van der Waals surface area contributed by atoms with Crippen LogP contribution in [0.3, 0.4) is 0 Å². The van der Waals surface area contributed by atoms with E-state index in [0.717, 1.165) is 23.4 Å².